The molecule has 1 heterocycles. The van der Waals surface area contributed by atoms with Crippen molar-refractivity contribution < 1.29 is 13.2 Å². The standard InChI is InChI=1S/C25H26N4O3S/c1-2-22(25-26-17-23(29-25)19-9-4-3-5-10-19)28-24(30)14-15-27-33(31,32)21-13-12-18-8-6-7-11-20(18)16-21/h3-13,16-17,22,27H,2,14-15H2,1H3,(H,26,29)(H,28,30). The van der Waals surface area contributed by atoms with Gasteiger partial charge in [0.1, 0.15) is 5.82 Å². The summed E-state index contributed by atoms with van der Waals surface area (Å²) in [6.07, 6.45) is 2.42. The van der Waals surface area contributed by atoms with Crippen molar-refractivity contribution in [3.8, 4) is 11.3 Å². The Labute approximate surface area is 193 Å². The molecule has 0 aliphatic rings. The number of fused-ring (bicyclic) bond motifs is 1. The van der Waals surface area contributed by atoms with Crippen molar-refractivity contribution >= 4 is 26.7 Å². The average Bonchev–Trinajstić information content (AvgIpc) is 3.33. The molecule has 1 atom stereocenters. The molecule has 0 aliphatic heterocycles. The maximum Gasteiger partial charge on any atom is 0.240 e. The van der Waals surface area contributed by atoms with Crippen molar-refractivity contribution in [2.45, 2.75) is 30.7 Å². The summed E-state index contributed by atoms with van der Waals surface area (Å²) in [5, 5.41) is 4.74. The minimum Gasteiger partial charge on any atom is -0.346 e. The number of hydrogen-bond acceptors (Lipinski definition) is 4. The van der Waals surface area contributed by atoms with Crippen LogP contribution in [0.2, 0.25) is 0 Å². The summed E-state index contributed by atoms with van der Waals surface area (Å²) >= 11 is 0. The lowest BCUT2D eigenvalue weighted by molar-refractivity contribution is -0.121. The number of benzene rings is 3. The lowest BCUT2D eigenvalue weighted by Gasteiger charge is -2.15. The minimum absolute atomic E-state index is 0.00481. The number of sulfonamides is 1. The number of aromatic amines is 1. The van der Waals surface area contributed by atoms with Crippen molar-refractivity contribution in [2.24, 2.45) is 0 Å². The van der Waals surface area contributed by atoms with Gasteiger partial charge in [-0.15, -0.1) is 0 Å². The molecule has 0 saturated carbocycles. The summed E-state index contributed by atoms with van der Waals surface area (Å²) in [5.74, 6) is 0.419. The summed E-state index contributed by atoms with van der Waals surface area (Å²) in [5.41, 5.74) is 1.89. The van der Waals surface area contributed by atoms with Crippen LogP contribution in [0.15, 0.2) is 83.9 Å². The van der Waals surface area contributed by atoms with E-state index in [2.05, 4.69) is 20.0 Å². The number of carbonyl (C=O) groups is 1. The van der Waals surface area contributed by atoms with E-state index in [-0.39, 0.29) is 29.8 Å². The molecule has 4 aromatic rings. The Morgan fingerprint density at radius 3 is 2.48 bits per heavy atom. The molecule has 0 fully saturated rings. The van der Waals surface area contributed by atoms with Crippen molar-refractivity contribution in [3.63, 3.8) is 0 Å². The second-order valence-electron chi connectivity index (χ2n) is 7.73. The van der Waals surface area contributed by atoms with E-state index in [0.29, 0.717) is 12.2 Å². The first-order valence-electron chi connectivity index (χ1n) is 10.8. The number of carbonyl (C=O) groups excluding carboxylic acids is 1. The van der Waals surface area contributed by atoms with E-state index in [1.165, 1.54) is 0 Å². The third-order valence-corrected chi connectivity index (χ3v) is 6.89. The molecule has 1 aromatic heterocycles. The SMILES string of the molecule is CCC(NC(=O)CCNS(=O)(=O)c1ccc2ccccc2c1)c1ncc(-c2ccccc2)[nH]1. The van der Waals surface area contributed by atoms with Gasteiger partial charge in [-0.1, -0.05) is 67.6 Å². The fourth-order valence-corrected chi connectivity index (χ4v) is 4.69. The lowest BCUT2D eigenvalue weighted by Crippen LogP contribution is -2.33. The van der Waals surface area contributed by atoms with Gasteiger partial charge in [0.15, 0.2) is 0 Å². The average molecular weight is 463 g/mol. The minimum atomic E-state index is -3.71. The molecular formula is C25H26N4O3S. The highest BCUT2D eigenvalue weighted by Crippen LogP contribution is 2.21. The molecule has 7 nitrogen and oxygen atoms in total. The van der Waals surface area contributed by atoms with Crippen molar-refractivity contribution in [2.75, 3.05) is 6.54 Å². The first-order valence-corrected chi connectivity index (χ1v) is 12.3. The van der Waals surface area contributed by atoms with Crippen molar-refractivity contribution in [3.05, 3.63) is 84.8 Å². The summed E-state index contributed by atoms with van der Waals surface area (Å²) in [6, 6.07) is 22.1. The second-order valence-corrected chi connectivity index (χ2v) is 9.50. The molecule has 1 unspecified atom stereocenters. The molecule has 0 aliphatic carbocycles. The maximum absolute atomic E-state index is 12.6. The van der Waals surface area contributed by atoms with Gasteiger partial charge in [0.05, 0.1) is 22.8 Å². The van der Waals surface area contributed by atoms with Crippen LogP contribution in [0.5, 0.6) is 0 Å². The van der Waals surface area contributed by atoms with Crippen LogP contribution in [-0.2, 0) is 14.8 Å². The Morgan fingerprint density at radius 2 is 1.73 bits per heavy atom. The zero-order valence-electron chi connectivity index (χ0n) is 18.3. The van der Waals surface area contributed by atoms with E-state index in [9.17, 15) is 13.2 Å². The van der Waals surface area contributed by atoms with Crippen LogP contribution in [0, 0.1) is 0 Å². The van der Waals surface area contributed by atoms with Crippen LogP contribution in [0.4, 0.5) is 0 Å². The zero-order valence-corrected chi connectivity index (χ0v) is 19.1. The number of nitrogens with zero attached hydrogens (tertiary/aromatic N) is 1. The predicted molar refractivity (Wildman–Crippen MR) is 129 cm³/mol. The molecule has 3 N–H and O–H groups in total. The third-order valence-electron chi connectivity index (χ3n) is 5.43. The Morgan fingerprint density at radius 1 is 1.00 bits per heavy atom. The number of rotatable bonds is 9. The fraction of sp³-hybridized carbons (Fsp3) is 0.200. The van der Waals surface area contributed by atoms with Gasteiger partial charge >= 0.3 is 0 Å². The summed E-state index contributed by atoms with van der Waals surface area (Å²) in [7, 11) is -3.71. The molecule has 0 saturated heterocycles. The number of nitrogens with one attached hydrogen (secondary N) is 3. The molecule has 0 bridgehead atoms. The van der Waals surface area contributed by atoms with Crippen molar-refractivity contribution in [1.82, 2.24) is 20.0 Å². The van der Waals surface area contributed by atoms with E-state index in [0.717, 1.165) is 22.0 Å². The van der Waals surface area contributed by atoms with E-state index < -0.39 is 10.0 Å². The number of aromatic nitrogens is 2. The lowest BCUT2D eigenvalue weighted by atomic mass is 10.1. The van der Waals surface area contributed by atoms with Crippen LogP contribution in [0.1, 0.15) is 31.6 Å². The van der Waals surface area contributed by atoms with E-state index in [4.69, 9.17) is 0 Å². The molecule has 0 radical (unpaired) electrons. The van der Waals surface area contributed by atoms with Crippen LogP contribution < -0.4 is 10.0 Å². The van der Waals surface area contributed by atoms with Crippen molar-refractivity contribution in [1.29, 1.82) is 0 Å². The summed E-state index contributed by atoms with van der Waals surface area (Å²) in [6.45, 7) is 1.96. The van der Waals surface area contributed by atoms with Gasteiger partial charge in [0.25, 0.3) is 0 Å². The Hall–Kier alpha value is -3.49. The Balaban J connectivity index is 1.34. The van der Waals surface area contributed by atoms with Gasteiger partial charge in [0, 0.05) is 13.0 Å². The topological polar surface area (TPSA) is 104 Å². The number of hydrogen-bond donors (Lipinski definition) is 3. The van der Waals surface area contributed by atoms with Gasteiger partial charge in [-0.3, -0.25) is 4.79 Å². The van der Waals surface area contributed by atoms with E-state index in [1.807, 2.05) is 61.5 Å². The van der Waals surface area contributed by atoms with Crippen LogP contribution in [0.3, 0.4) is 0 Å². The molecule has 170 valence electrons. The van der Waals surface area contributed by atoms with Gasteiger partial charge in [-0.05, 0) is 34.9 Å². The number of imidazole rings is 1. The third kappa shape index (κ3) is 5.47. The van der Waals surface area contributed by atoms with Crippen LogP contribution in [-0.4, -0.2) is 30.8 Å². The molecule has 4 rings (SSSR count). The molecule has 0 spiro atoms. The first-order chi connectivity index (χ1) is 16.0. The van der Waals surface area contributed by atoms with Gasteiger partial charge in [-0.25, -0.2) is 18.1 Å². The molecule has 3 aromatic carbocycles. The monoisotopic (exact) mass is 462 g/mol. The van der Waals surface area contributed by atoms with Gasteiger partial charge in [-0.2, -0.15) is 0 Å². The number of H-pyrrole nitrogens is 1. The second kappa shape index (κ2) is 9.97. The first kappa shape index (κ1) is 22.7. The molecule has 8 heteroatoms. The van der Waals surface area contributed by atoms with E-state index in [1.54, 1.807) is 24.4 Å². The van der Waals surface area contributed by atoms with Gasteiger partial charge < -0.3 is 10.3 Å². The number of amides is 1. The van der Waals surface area contributed by atoms with Crippen LogP contribution in [0.25, 0.3) is 22.0 Å². The van der Waals surface area contributed by atoms with E-state index >= 15 is 0 Å². The molecule has 33 heavy (non-hydrogen) atoms. The Bertz CT molecular complexity index is 1350. The zero-order chi connectivity index (χ0) is 23.3. The highest BCUT2D eigenvalue weighted by molar-refractivity contribution is 7.89. The highest BCUT2D eigenvalue weighted by atomic mass is 32.2. The van der Waals surface area contributed by atoms with Crippen LogP contribution >= 0.6 is 0 Å². The normalized spacial score (nSPS) is 12.5. The predicted octanol–water partition coefficient (Wildman–Crippen LogP) is 4.17. The molecular weight excluding hydrogens is 436 g/mol. The largest absolute Gasteiger partial charge is 0.346 e. The quantitative estimate of drug-likeness (QED) is 0.347. The maximum atomic E-state index is 12.6. The highest BCUT2D eigenvalue weighted by Gasteiger charge is 2.18. The summed E-state index contributed by atoms with van der Waals surface area (Å²) in [4.78, 5) is 20.3. The summed E-state index contributed by atoms with van der Waals surface area (Å²) < 4.78 is 27.8. The van der Waals surface area contributed by atoms with Gasteiger partial charge in [0.2, 0.25) is 15.9 Å². The Kier molecular flexibility index (Phi) is 6.86. The fourth-order valence-electron chi connectivity index (χ4n) is 3.63. The molecule has 1 amide bonds. The smallest absolute Gasteiger partial charge is 0.240 e.